The van der Waals surface area contributed by atoms with Crippen molar-refractivity contribution in [2.24, 2.45) is 17.8 Å². The zero-order chi connectivity index (χ0) is 14.8. The van der Waals surface area contributed by atoms with E-state index in [4.69, 9.17) is 9.15 Å². The molecule has 21 heavy (non-hydrogen) atoms. The number of nitrogens with one attached hydrogen (secondary N) is 1. The van der Waals surface area contributed by atoms with Gasteiger partial charge < -0.3 is 14.5 Å². The number of hydrogen-bond donors (Lipinski definition) is 1. The SMILES string of the molecule is COC(=O)[C@@H]1[C@H]2CC[C@@H](C2)[C@H]1NC(=O)CCc1ccco1. The first-order valence-corrected chi connectivity index (χ1v) is 7.58. The van der Waals surface area contributed by atoms with Crippen molar-refractivity contribution in [1.82, 2.24) is 5.32 Å². The van der Waals surface area contributed by atoms with E-state index in [0.717, 1.165) is 25.0 Å². The summed E-state index contributed by atoms with van der Waals surface area (Å²) in [5, 5.41) is 3.06. The average Bonchev–Trinajstić information content (AvgIpc) is 3.21. The molecule has 0 saturated heterocycles. The normalized spacial score (nSPS) is 30.3. The van der Waals surface area contributed by atoms with Gasteiger partial charge in [-0.1, -0.05) is 0 Å². The van der Waals surface area contributed by atoms with Crippen LogP contribution in [0, 0.1) is 17.8 Å². The van der Waals surface area contributed by atoms with Gasteiger partial charge in [0.2, 0.25) is 5.91 Å². The van der Waals surface area contributed by atoms with Crippen molar-refractivity contribution in [1.29, 1.82) is 0 Å². The first-order chi connectivity index (χ1) is 10.2. The van der Waals surface area contributed by atoms with Gasteiger partial charge in [-0.15, -0.1) is 0 Å². The van der Waals surface area contributed by atoms with Gasteiger partial charge in [0.1, 0.15) is 5.76 Å². The molecule has 2 saturated carbocycles. The summed E-state index contributed by atoms with van der Waals surface area (Å²) in [4.78, 5) is 24.1. The van der Waals surface area contributed by atoms with E-state index in [9.17, 15) is 9.59 Å². The highest BCUT2D eigenvalue weighted by Crippen LogP contribution is 2.48. The van der Waals surface area contributed by atoms with E-state index in [0.29, 0.717) is 24.7 Å². The maximum Gasteiger partial charge on any atom is 0.311 e. The monoisotopic (exact) mass is 291 g/mol. The van der Waals surface area contributed by atoms with Gasteiger partial charge >= 0.3 is 5.97 Å². The molecule has 5 nitrogen and oxygen atoms in total. The molecule has 4 atom stereocenters. The van der Waals surface area contributed by atoms with Gasteiger partial charge in [0.25, 0.3) is 0 Å². The number of carbonyl (C=O) groups excluding carboxylic acids is 2. The molecule has 1 N–H and O–H groups in total. The predicted octanol–water partition coefficient (Wildman–Crippen LogP) is 1.92. The van der Waals surface area contributed by atoms with Crippen LogP contribution in [-0.2, 0) is 20.7 Å². The smallest absolute Gasteiger partial charge is 0.311 e. The number of fused-ring (bicyclic) bond motifs is 2. The number of amides is 1. The third-order valence-corrected chi connectivity index (χ3v) is 4.90. The lowest BCUT2D eigenvalue weighted by Gasteiger charge is -2.29. The molecule has 1 aromatic rings. The van der Waals surface area contributed by atoms with Crippen LogP contribution in [0.4, 0.5) is 0 Å². The number of furan rings is 1. The summed E-state index contributed by atoms with van der Waals surface area (Å²) in [5.74, 6) is 1.24. The summed E-state index contributed by atoms with van der Waals surface area (Å²) in [7, 11) is 1.42. The van der Waals surface area contributed by atoms with Gasteiger partial charge in [-0.05, 0) is 43.2 Å². The molecule has 2 aliphatic carbocycles. The second kappa shape index (κ2) is 5.92. The maximum atomic E-state index is 12.1. The summed E-state index contributed by atoms with van der Waals surface area (Å²) < 4.78 is 10.1. The topological polar surface area (TPSA) is 68.5 Å². The van der Waals surface area contributed by atoms with Crippen molar-refractivity contribution in [3.63, 3.8) is 0 Å². The molecule has 0 unspecified atom stereocenters. The van der Waals surface area contributed by atoms with E-state index in [1.807, 2.05) is 12.1 Å². The Bertz CT molecular complexity index is 510. The molecule has 1 heterocycles. The fourth-order valence-electron chi connectivity index (χ4n) is 3.92. The van der Waals surface area contributed by atoms with Crippen LogP contribution in [0.1, 0.15) is 31.4 Å². The Hall–Kier alpha value is -1.78. The third kappa shape index (κ3) is 2.82. The zero-order valence-corrected chi connectivity index (χ0v) is 12.2. The molecule has 1 amide bonds. The number of carbonyl (C=O) groups is 2. The number of aryl methyl sites for hydroxylation is 1. The highest BCUT2D eigenvalue weighted by atomic mass is 16.5. The Balaban J connectivity index is 1.57. The third-order valence-electron chi connectivity index (χ3n) is 4.90. The minimum Gasteiger partial charge on any atom is -0.469 e. The van der Waals surface area contributed by atoms with Crippen LogP contribution >= 0.6 is 0 Å². The second-order valence-corrected chi connectivity index (χ2v) is 6.05. The van der Waals surface area contributed by atoms with E-state index in [1.165, 1.54) is 7.11 Å². The van der Waals surface area contributed by atoms with E-state index < -0.39 is 0 Å². The van der Waals surface area contributed by atoms with E-state index in [-0.39, 0.29) is 23.8 Å². The largest absolute Gasteiger partial charge is 0.469 e. The number of ether oxygens (including phenoxy) is 1. The van der Waals surface area contributed by atoms with Crippen LogP contribution in [0.5, 0.6) is 0 Å². The van der Waals surface area contributed by atoms with Crippen LogP contribution in [0.15, 0.2) is 22.8 Å². The van der Waals surface area contributed by atoms with Gasteiger partial charge in [0.15, 0.2) is 0 Å². The quantitative estimate of drug-likeness (QED) is 0.842. The Morgan fingerprint density at radius 2 is 2.19 bits per heavy atom. The van der Waals surface area contributed by atoms with Crippen LogP contribution in [0.2, 0.25) is 0 Å². The minimum atomic E-state index is -0.182. The van der Waals surface area contributed by atoms with E-state index in [2.05, 4.69) is 5.32 Å². The number of methoxy groups -OCH3 is 1. The summed E-state index contributed by atoms with van der Waals surface area (Å²) in [6.07, 6.45) is 5.78. The first-order valence-electron chi connectivity index (χ1n) is 7.58. The standard InChI is InChI=1S/C16H21NO4/c1-20-16(19)14-10-4-5-11(9-10)15(14)17-13(18)7-6-12-3-2-8-21-12/h2-3,8,10-11,14-15H,4-7,9H2,1H3,(H,17,18)/t10-,11-,14+,15+/m0/s1. The van der Waals surface area contributed by atoms with Crippen LogP contribution in [0.3, 0.4) is 0 Å². The van der Waals surface area contributed by atoms with Crippen LogP contribution < -0.4 is 5.32 Å². The maximum absolute atomic E-state index is 12.1. The van der Waals surface area contributed by atoms with Gasteiger partial charge in [-0.2, -0.15) is 0 Å². The van der Waals surface area contributed by atoms with Gasteiger partial charge in [0, 0.05) is 18.9 Å². The fraction of sp³-hybridized carbons (Fsp3) is 0.625. The Kier molecular flexibility index (Phi) is 3.99. The average molecular weight is 291 g/mol. The lowest BCUT2D eigenvalue weighted by atomic mass is 9.84. The molecule has 0 aliphatic heterocycles. The molecule has 0 spiro atoms. The molecule has 2 aliphatic rings. The van der Waals surface area contributed by atoms with E-state index >= 15 is 0 Å². The predicted molar refractivity (Wildman–Crippen MR) is 75.3 cm³/mol. The van der Waals surface area contributed by atoms with Crippen molar-refractivity contribution in [3.05, 3.63) is 24.2 Å². The minimum absolute atomic E-state index is 0.0159. The summed E-state index contributed by atoms with van der Waals surface area (Å²) in [6, 6.07) is 3.62. The first kappa shape index (κ1) is 14.2. The van der Waals surface area contributed by atoms with Gasteiger partial charge in [0.05, 0.1) is 19.3 Å². The molecule has 114 valence electrons. The highest BCUT2D eigenvalue weighted by molar-refractivity contribution is 5.79. The fourth-order valence-corrected chi connectivity index (χ4v) is 3.92. The number of rotatable bonds is 5. The molecule has 0 aromatic carbocycles. The molecule has 3 rings (SSSR count). The Morgan fingerprint density at radius 1 is 1.38 bits per heavy atom. The molecule has 2 bridgehead atoms. The number of hydrogen-bond acceptors (Lipinski definition) is 4. The van der Waals surface area contributed by atoms with Crippen molar-refractivity contribution in [2.45, 2.75) is 38.1 Å². The summed E-state index contributed by atoms with van der Waals surface area (Å²) >= 11 is 0. The Labute approximate surface area is 124 Å². The zero-order valence-electron chi connectivity index (χ0n) is 12.2. The van der Waals surface area contributed by atoms with Crippen molar-refractivity contribution in [3.8, 4) is 0 Å². The molecular weight excluding hydrogens is 270 g/mol. The summed E-state index contributed by atoms with van der Waals surface area (Å²) in [6.45, 7) is 0. The molecule has 5 heteroatoms. The molecule has 0 radical (unpaired) electrons. The van der Waals surface area contributed by atoms with Crippen molar-refractivity contribution >= 4 is 11.9 Å². The lowest BCUT2D eigenvalue weighted by Crippen LogP contribution is -2.47. The van der Waals surface area contributed by atoms with Gasteiger partial charge in [-0.3, -0.25) is 9.59 Å². The highest BCUT2D eigenvalue weighted by Gasteiger charge is 2.51. The second-order valence-electron chi connectivity index (χ2n) is 6.05. The van der Waals surface area contributed by atoms with E-state index in [1.54, 1.807) is 6.26 Å². The van der Waals surface area contributed by atoms with Gasteiger partial charge in [-0.25, -0.2) is 0 Å². The molecular formula is C16H21NO4. The number of esters is 1. The van der Waals surface area contributed by atoms with Crippen LogP contribution in [-0.4, -0.2) is 25.0 Å². The molecule has 2 fully saturated rings. The lowest BCUT2D eigenvalue weighted by molar-refractivity contribution is -0.148. The van der Waals surface area contributed by atoms with Crippen molar-refractivity contribution < 1.29 is 18.7 Å². The summed E-state index contributed by atoms with van der Waals surface area (Å²) in [5.41, 5.74) is 0. The molecule has 1 aromatic heterocycles. The van der Waals surface area contributed by atoms with Crippen LogP contribution in [0.25, 0.3) is 0 Å². The Morgan fingerprint density at radius 3 is 2.90 bits per heavy atom. The van der Waals surface area contributed by atoms with Crippen molar-refractivity contribution in [2.75, 3.05) is 7.11 Å².